The lowest BCUT2D eigenvalue weighted by Gasteiger charge is -2.29. The van der Waals surface area contributed by atoms with Gasteiger partial charge in [-0.15, -0.1) is 11.3 Å². The molecule has 1 fully saturated rings. The number of carbonyl (C=O) groups is 1. The highest BCUT2D eigenvalue weighted by molar-refractivity contribution is 7.18. The third kappa shape index (κ3) is 4.28. The molecule has 1 aliphatic heterocycles. The van der Waals surface area contributed by atoms with Gasteiger partial charge < -0.3 is 19.4 Å². The number of hydrogen-bond donors (Lipinski definition) is 1. The van der Waals surface area contributed by atoms with E-state index in [1.54, 1.807) is 11.3 Å². The van der Waals surface area contributed by atoms with Gasteiger partial charge in [0, 0.05) is 18.7 Å². The number of nitrogens with zero attached hydrogens (tertiary/aromatic N) is 3. The van der Waals surface area contributed by atoms with Crippen LogP contribution in [0.3, 0.4) is 0 Å². The fourth-order valence-electron chi connectivity index (χ4n) is 3.28. The van der Waals surface area contributed by atoms with Crippen LogP contribution in [0.1, 0.15) is 34.2 Å². The molecule has 0 aliphatic carbocycles. The Morgan fingerprint density at radius 3 is 3.19 bits per heavy atom. The maximum absolute atomic E-state index is 12.4. The van der Waals surface area contributed by atoms with Gasteiger partial charge in [0.15, 0.2) is 12.3 Å². The standard InChI is InChI=1S/C19H22N4O3S/c1-12-20-15-8-14(5-6-17(15)27-12)25-11-18-22-16(10-26-18)19(24)21-13-4-3-7-23(2)9-13/h5-6,8,10,13H,3-4,7,9,11H2,1-2H3,(H,21,24)/t13-/m0/s1. The fourth-order valence-corrected chi connectivity index (χ4v) is 4.09. The molecule has 142 valence electrons. The molecule has 8 heteroatoms. The van der Waals surface area contributed by atoms with Crippen LogP contribution in [0.5, 0.6) is 5.75 Å². The molecule has 7 nitrogen and oxygen atoms in total. The number of hydrogen-bond acceptors (Lipinski definition) is 7. The Bertz CT molecular complexity index is 951. The number of rotatable bonds is 5. The summed E-state index contributed by atoms with van der Waals surface area (Å²) in [6.07, 6.45) is 3.46. The molecule has 1 amide bonds. The number of piperidine rings is 1. The Balaban J connectivity index is 1.35. The van der Waals surface area contributed by atoms with Gasteiger partial charge >= 0.3 is 0 Å². The second kappa shape index (κ2) is 7.66. The molecule has 4 rings (SSSR count). The van der Waals surface area contributed by atoms with E-state index < -0.39 is 0 Å². The van der Waals surface area contributed by atoms with E-state index in [9.17, 15) is 4.79 Å². The molecule has 1 aliphatic rings. The molecule has 0 unspecified atom stereocenters. The van der Waals surface area contributed by atoms with Crippen LogP contribution in [0.2, 0.25) is 0 Å². The van der Waals surface area contributed by atoms with Crippen LogP contribution in [0.4, 0.5) is 0 Å². The molecule has 2 aromatic heterocycles. The number of ether oxygens (including phenoxy) is 1. The largest absolute Gasteiger partial charge is 0.484 e. The minimum absolute atomic E-state index is 0.154. The molecule has 0 bridgehead atoms. The molecule has 1 atom stereocenters. The van der Waals surface area contributed by atoms with Crippen molar-refractivity contribution in [2.24, 2.45) is 0 Å². The lowest BCUT2D eigenvalue weighted by molar-refractivity contribution is 0.0907. The van der Waals surface area contributed by atoms with E-state index in [-0.39, 0.29) is 24.2 Å². The number of likely N-dealkylation sites (tertiary alicyclic amines) is 1. The number of likely N-dealkylation sites (N-methyl/N-ethyl adjacent to an activating group) is 1. The molecule has 1 aromatic carbocycles. The first-order valence-corrected chi connectivity index (χ1v) is 9.82. The van der Waals surface area contributed by atoms with Gasteiger partial charge in [-0.05, 0) is 45.5 Å². The maximum atomic E-state index is 12.4. The first-order chi connectivity index (χ1) is 13.1. The Morgan fingerprint density at radius 1 is 1.44 bits per heavy atom. The van der Waals surface area contributed by atoms with Gasteiger partial charge in [-0.25, -0.2) is 9.97 Å². The Hall–Kier alpha value is -2.45. The number of nitrogens with one attached hydrogen (secondary N) is 1. The van der Waals surface area contributed by atoms with Crippen molar-refractivity contribution in [1.82, 2.24) is 20.2 Å². The monoisotopic (exact) mass is 386 g/mol. The fraction of sp³-hybridized carbons (Fsp3) is 0.421. The Morgan fingerprint density at radius 2 is 2.33 bits per heavy atom. The number of carbonyl (C=O) groups excluding carboxylic acids is 1. The molecule has 3 aromatic rings. The highest BCUT2D eigenvalue weighted by Gasteiger charge is 2.21. The molecule has 0 spiro atoms. The topological polar surface area (TPSA) is 80.5 Å². The molecule has 0 saturated carbocycles. The second-order valence-corrected chi connectivity index (χ2v) is 8.09. The van der Waals surface area contributed by atoms with E-state index >= 15 is 0 Å². The van der Waals surface area contributed by atoms with Gasteiger partial charge in [0.05, 0.1) is 15.2 Å². The zero-order valence-electron chi connectivity index (χ0n) is 15.4. The van der Waals surface area contributed by atoms with Crippen LogP contribution in [0, 0.1) is 6.92 Å². The molecule has 1 saturated heterocycles. The second-order valence-electron chi connectivity index (χ2n) is 6.85. The number of aromatic nitrogens is 2. The predicted octanol–water partition coefficient (Wildman–Crippen LogP) is 3.00. The Kier molecular flexibility index (Phi) is 5.09. The summed E-state index contributed by atoms with van der Waals surface area (Å²) >= 11 is 1.65. The number of oxazole rings is 1. The van der Waals surface area contributed by atoms with Crippen LogP contribution in [-0.2, 0) is 6.61 Å². The van der Waals surface area contributed by atoms with Gasteiger partial charge in [0.25, 0.3) is 5.91 Å². The smallest absolute Gasteiger partial charge is 0.273 e. The average Bonchev–Trinajstić information content (AvgIpc) is 3.25. The van der Waals surface area contributed by atoms with E-state index in [2.05, 4.69) is 27.2 Å². The summed E-state index contributed by atoms with van der Waals surface area (Å²) in [5.74, 6) is 0.863. The molecule has 0 radical (unpaired) electrons. The lowest BCUT2D eigenvalue weighted by atomic mass is 10.1. The summed E-state index contributed by atoms with van der Waals surface area (Å²) in [7, 11) is 2.06. The zero-order chi connectivity index (χ0) is 18.8. The third-order valence-electron chi connectivity index (χ3n) is 4.57. The number of aryl methyl sites for hydroxylation is 1. The zero-order valence-corrected chi connectivity index (χ0v) is 16.2. The van der Waals surface area contributed by atoms with Crippen molar-refractivity contribution in [2.45, 2.75) is 32.4 Å². The maximum Gasteiger partial charge on any atom is 0.273 e. The van der Waals surface area contributed by atoms with Crippen molar-refractivity contribution in [2.75, 3.05) is 20.1 Å². The summed E-state index contributed by atoms with van der Waals surface area (Å²) in [5, 5.41) is 4.05. The van der Waals surface area contributed by atoms with Crippen LogP contribution >= 0.6 is 11.3 Å². The van der Waals surface area contributed by atoms with Gasteiger partial charge in [0.2, 0.25) is 5.89 Å². The first kappa shape index (κ1) is 17.9. The summed E-state index contributed by atoms with van der Waals surface area (Å²) < 4.78 is 12.3. The molecular weight excluding hydrogens is 364 g/mol. The highest BCUT2D eigenvalue weighted by atomic mass is 32.1. The van der Waals surface area contributed by atoms with Crippen LogP contribution in [0.25, 0.3) is 10.2 Å². The molecule has 27 heavy (non-hydrogen) atoms. The van der Waals surface area contributed by atoms with Crippen LogP contribution < -0.4 is 10.1 Å². The van der Waals surface area contributed by atoms with E-state index in [1.165, 1.54) is 6.26 Å². The average molecular weight is 386 g/mol. The van der Waals surface area contributed by atoms with Crippen molar-refractivity contribution in [1.29, 1.82) is 0 Å². The molecular formula is C19H22N4O3S. The van der Waals surface area contributed by atoms with Gasteiger partial charge in [-0.3, -0.25) is 4.79 Å². The predicted molar refractivity (Wildman–Crippen MR) is 103 cm³/mol. The van der Waals surface area contributed by atoms with Crippen LogP contribution in [-0.4, -0.2) is 47.0 Å². The van der Waals surface area contributed by atoms with Gasteiger partial charge in [-0.2, -0.15) is 0 Å². The minimum Gasteiger partial charge on any atom is -0.484 e. The number of amides is 1. The first-order valence-electron chi connectivity index (χ1n) is 9.00. The summed E-state index contributed by atoms with van der Waals surface area (Å²) in [6.45, 7) is 4.08. The van der Waals surface area contributed by atoms with Crippen molar-refractivity contribution >= 4 is 27.5 Å². The highest BCUT2D eigenvalue weighted by Crippen LogP contribution is 2.26. The quantitative estimate of drug-likeness (QED) is 0.726. The molecule has 1 N–H and O–H groups in total. The van der Waals surface area contributed by atoms with Gasteiger partial charge in [-0.1, -0.05) is 0 Å². The van der Waals surface area contributed by atoms with Crippen molar-refractivity contribution in [3.05, 3.63) is 41.1 Å². The normalized spacial score (nSPS) is 17.9. The summed E-state index contributed by atoms with van der Waals surface area (Å²) in [6, 6.07) is 5.94. The summed E-state index contributed by atoms with van der Waals surface area (Å²) in [5.41, 5.74) is 1.20. The number of fused-ring (bicyclic) bond motifs is 1. The SMILES string of the molecule is Cc1nc2cc(OCc3nc(C(=O)N[C@H]4CCCN(C)C4)co3)ccc2s1. The lowest BCUT2D eigenvalue weighted by Crippen LogP contribution is -2.46. The van der Waals surface area contributed by atoms with E-state index in [0.717, 1.165) is 41.2 Å². The van der Waals surface area contributed by atoms with Crippen molar-refractivity contribution < 1.29 is 13.9 Å². The van der Waals surface area contributed by atoms with Crippen LogP contribution in [0.15, 0.2) is 28.9 Å². The Labute approximate surface area is 161 Å². The van der Waals surface area contributed by atoms with Gasteiger partial charge in [0.1, 0.15) is 12.0 Å². The van der Waals surface area contributed by atoms with E-state index in [0.29, 0.717) is 11.6 Å². The summed E-state index contributed by atoms with van der Waals surface area (Å²) in [4.78, 5) is 23.3. The molecule has 3 heterocycles. The number of benzene rings is 1. The third-order valence-corrected chi connectivity index (χ3v) is 5.52. The van der Waals surface area contributed by atoms with Crippen molar-refractivity contribution in [3.8, 4) is 5.75 Å². The number of thiazole rings is 1. The van der Waals surface area contributed by atoms with Crippen molar-refractivity contribution in [3.63, 3.8) is 0 Å². The van der Waals surface area contributed by atoms with E-state index in [1.807, 2.05) is 25.1 Å². The minimum atomic E-state index is -0.204. The van der Waals surface area contributed by atoms with E-state index in [4.69, 9.17) is 9.15 Å².